The molecule has 1 heterocycles. The van der Waals surface area contributed by atoms with Gasteiger partial charge in [-0.05, 0) is 27.9 Å². The van der Waals surface area contributed by atoms with Gasteiger partial charge in [0.1, 0.15) is 5.69 Å². The molecular weight excluding hydrogens is 404 g/mol. The minimum absolute atomic E-state index is 0.106. The Morgan fingerprint density at radius 1 is 1.07 bits per heavy atom. The number of carbonyl (C=O) groups excluding carboxylic acids is 1. The number of fused-ring (bicyclic) bond motifs is 1. The summed E-state index contributed by atoms with van der Waals surface area (Å²) in [5.74, 6) is 0.781. The van der Waals surface area contributed by atoms with E-state index in [2.05, 4.69) is 20.8 Å². The molecule has 4 aromatic rings. The monoisotopic (exact) mass is 420 g/mol. The van der Waals surface area contributed by atoms with E-state index in [1.807, 2.05) is 42.5 Å². The average molecular weight is 420 g/mol. The van der Waals surface area contributed by atoms with E-state index in [0.29, 0.717) is 11.6 Å². The molecule has 3 aromatic carbocycles. The van der Waals surface area contributed by atoms with Crippen molar-refractivity contribution in [3.8, 4) is 5.69 Å². The number of nitrogens with one attached hydrogen (secondary N) is 1. The molecule has 0 aliphatic carbocycles. The summed E-state index contributed by atoms with van der Waals surface area (Å²) in [6, 6.07) is 19.9. The molecule has 0 saturated carbocycles. The lowest BCUT2D eigenvalue weighted by Gasteiger charge is -2.08. The summed E-state index contributed by atoms with van der Waals surface area (Å²) in [5.41, 5.74) is 0.891. The number of tetrazole rings is 1. The summed E-state index contributed by atoms with van der Waals surface area (Å²) >= 11 is 1.32. The summed E-state index contributed by atoms with van der Waals surface area (Å²) in [6.07, 6.45) is 0. The van der Waals surface area contributed by atoms with E-state index in [0.717, 1.165) is 16.5 Å². The van der Waals surface area contributed by atoms with E-state index in [-0.39, 0.29) is 23.0 Å². The maximum absolute atomic E-state index is 12.2. The van der Waals surface area contributed by atoms with Crippen LogP contribution >= 0.6 is 11.8 Å². The van der Waals surface area contributed by atoms with Gasteiger partial charge in [-0.2, -0.15) is 4.68 Å². The third-order valence-corrected chi connectivity index (χ3v) is 5.30. The van der Waals surface area contributed by atoms with Crippen molar-refractivity contribution in [2.75, 3.05) is 11.1 Å². The van der Waals surface area contributed by atoms with Gasteiger partial charge in [0.05, 0.1) is 22.1 Å². The molecule has 9 nitrogen and oxygen atoms in total. The van der Waals surface area contributed by atoms with Gasteiger partial charge in [0, 0.05) is 11.5 Å². The molecule has 30 heavy (non-hydrogen) atoms. The number of amides is 1. The number of hydrogen-bond acceptors (Lipinski definition) is 7. The number of hydrogen-bond donors (Lipinski definition) is 1. The van der Waals surface area contributed by atoms with Crippen molar-refractivity contribution >= 4 is 39.8 Å². The first-order chi connectivity index (χ1) is 14.6. The number of rotatable bonds is 7. The minimum atomic E-state index is -0.527. The molecule has 1 aromatic heterocycles. The van der Waals surface area contributed by atoms with Crippen molar-refractivity contribution in [1.82, 2.24) is 20.2 Å². The molecule has 0 spiro atoms. The Morgan fingerprint density at radius 2 is 1.83 bits per heavy atom. The van der Waals surface area contributed by atoms with Crippen LogP contribution in [0.3, 0.4) is 0 Å². The predicted octanol–water partition coefficient (Wildman–Crippen LogP) is 3.60. The van der Waals surface area contributed by atoms with Crippen LogP contribution in [0.1, 0.15) is 5.82 Å². The number of nitro groups is 1. The van der Waals surface area contributed by atoms with Crippen LogP contribution in [0.2, 0.25) is 0 Å². The third kappa shape index (κ3) is 4.13. The molecule has 0 radical (unpaired) electrons. The quantitative estimate of drug-likeness (QED) is 0.359. The topological polar surface area (TPSA) is 116 Å². The van der Waals surface area contributed by atoms with Gasteiger partial charge in [-0.3, -0.25) is 14.9 Å². The smallest absolute Gasteiger partial charge is 0.292 e. The Morgan fingerprint density at radius 3 is 2.70 bits per heavy atom. The number of carbonyl (C=O) groups is 1. The van der Waals surface area contributed by atoms with Crippen molar-refractivity contribution in [3.05, 3.63) is 82.7 Å². The van der Waals surface area contributed by atoms with E-state index < -0.39 is 4.92 Å². The molecule has 1 amide bonds. The molecule has 0 atom stereocenters. The van der Waals surface area contributed by atoms with Gasteiger partial charge in [-0.15, -0.1) is 16.9 Å². The second-order valence-electron chi connectivity index (χ2n) is 6.32. The fourth-order valence-corrected chi connectivity index (χ4v) is 3.76. The number of benzene rings is 3. The van der Waals surface area contributed by atoms with Crippen molar-refractivity contribution in [1.29, 1.82) is 0 Å². The van der Waals surface area contributed by atoms with Crippen LogP contribution in [-0.2, 0) is 10.5 Å². The van der Waals surface area contributed by atoms with E-state index >= 15 is 0 Å². The second-order valence-corrected chi connectivity index (χ2v) is 7.31. The van der Waals surface area contributed by atoms with Gasteiger partial charge in [0.25, 0.3) is 5.69 Å². The highest BCUT2D eigenvalue weighted by molar-refractivity contribution is 7.99. The molecule has 0 aliphatic rings. The van der Waals surface area contributed by atoms with Gasteiger partial charge >= 0.3 is 0 Å². The lowest BCUT2D eigenvalue weighted by atomic mass is 10.1. The van der Waals surface area contributed by atoms with Crippen molar-refractivity contribution < 1.29 is 9.72 Å². The van der Waals surface area contributed by atoms with Gasteiger partial charge in [-0.25, -0.2) is 0 Å². The molecule has 0 bridgehead atoms. The standard InChI is InChI=1S/C20H16N6O3S/c27-20(21-16-9-3-4-10-18(16)26(28)29)13-30-12-19-22-23-24-25(19)17-11-5-7-14-6-1-2-8-15(14)17/h1-11H,12-13H2,(H,21,27). The predicted molar refractivity (Wildman–Crippen MR) is 115 cm³/mol. The maximum atomic E-state index is 12.2. The highest BCUT2D eigenvalue weighted by Gasteiger charge is 2.16. The Hall–Kier alpha value is -3.79. The Balaban J connectivity index is 1.43. The Kier molecular flexibility index (Phi) is 5.66. The van der Waals surface area contributed by atoms with Crippen LogP contribution in [0, 0.1) is 10.1 Å². The molecule has 0 aliphatic heterocycles. The van der Waals surface area contributed by atoms with Crippen molar-refractivity contribution in [3.63, 3.8) is 0 Å². The van der Waals surface area contributed by atoms with E-state index in [1.54, 1.807) is 16.8 Å². The maximum Gasteiger partial charge on any atom is 0.292 e. The van der Waals surface area contributed by atoms with Crippen LogP contribution in [0.15, 0.2) is 66.7 Å². The number of thioether (sulfide) groups is 1. The number of anilines is 1. The van der Waals surface area contributed by atoms with E-state index in [9.17, 15) is 14.9 Å². The first kappa shape index (κ1) is 19.5. The van der Waals surface area contributed by atoms with Crippen LogP contribution in [-0.4, -0.2) is 36.8 Å². The zero-order chi connectivity index (χ0) is 20.9. The Labute approximate surface area is 175 Å². The lowest BCUT2D eigenvalue weighted by Crippen LogP contribution is -2.15. The van der Waals surface area contributed by atoms with Crippen molar-refractivity contribution in [2.24, 2.45) is 0 Å². The fourth-order valence-electron chi connectivity index (χ4n) is 3.04. The number of nitro benzene ring substituents is 1. The Bertz CT molecular complexity index is 1220. The van der Waals surface area contributed by atoms with E-state index in [4.69, 9.17) is 0 Å². The zero-order valence-electron chi connectivity index (χ0n) is 15.6. The third-order valence-electron chi connectivity index (χ3n) is 4.37. The minimum Gasteiger partial charge on any atom is -0.320 e. The van der Waals surface area contributed by atoms with Gasteiger partial charge in [0.15, 0.2) is 5.82 Å². The van der Waals surface area contributed by atoms with Crippen molar-refractivity contribution in [2.45, 2.75) is 5.75 Å². The molecule has 150 valence electrons. The van der Waals surface area contributed by atoms with E-state index in [1.165, 1.54) is 23.9 Å². The molecule has 10 heteroatoms. The van der Waals surface area contributed by atoms with Gasteiger partial charge < -0.3 is 5.32 Å². The van der Waals surface area contributed by atoms with Crippen LogP contribution in [0.4, 0.5) is 11.4 Å². The molecule has 1 N–H and O–H groups in total. The molecular formula is C20H16N6O3S. The summed E-state index contributed by atoms with van der Waals surface area (Å²) in [7, 11) is 0. The van der Waals surface area contributed by atoms with Crippen LogP contribution < -0.4 is 5.32 Å². The van der Waals surface area contributed by atoms with Gasteiger partial charge in [0.2, 0.25) is 5.91 Å². The molecule has 4 rings (SSSR count). The first-order valence-corrected chi connectivity index (χ1v) is 10.2. The lowest BCUT2D eigenvalue weighted by molar-refractivity contribution is -0.383. The molecule has 0 saturated heterocycles. The summed E-state index contributed by atoms with van der Waals surface area (Å²) in [4.78, 5) is 22.8. The highest BCUT2D eigenvalue weighted by atomic mass is 32.2. The van der Waals surface area contributed by atoms with Gasteiger partial charge in [-0.1, -0.05) is 48.5 Å². The molecule has 0 fully saturated rings. The SMILES string of the molecule is O=C(CSCc1nnnn1-c1cccc2ccccc12)Nc1ccccc1[N+](=O)[O-]. The fraction of sp³-hybridized carbons (Fsp3) is 0.100. The number of aromatic nitrogens is 4. The summed E-state index contributed by atoms with van der Waals surface area (Å²) in [6.45, 7) is 0. The molecule has 0 unspecified atom stereocenters. The van der Waals surface area contributed by atoms with Crippen LogP contribution in [0.25, 0.3) is 16.5 Å². The largest absolute Gasteiger partial charge is 0.320 e. The van der Waals surface area contributed by atoms with Crippen LogP contribution in [0.5, 0.6) is 0 Å². The zero-order valence-corrected chi connectivity index (χ0v) is 16.5. The first-order valence-electron chi connectivity index (χ1n) is 9.00. The average Bonchev–Trinajstić information content (AvgIpc) is 3.22. The highest BCUT2D eigenvalue weighted by Crippen LogP contribution is 2.25. The summed E-state index contributed by atoms with van der Waals surface area (Å²) in [5, 5.41) is 27.7. The second kappa shape index (κ2) is 8.70. The normalized spacial score (nSPS) is 10.8. The summed E-state index contributed by atoms with van der Waals surface area (Å²) < 4.78 is 1.66. The number of nitrogens with zero attached hydrogens (tertiary/aromatic N) is 5. The number of para-hydroxylation sites is 2.